The van der Waals surface area contributed by atoms with Gasteiger partial charge in [-0.25, -0.2) is 0 Å². The van der Waals surface area contributed by atoms with Crippen molar-refractivity contribution in [1.82, 2.24) is 10.2 Å². The fourth-order valence-electron chi connectivity index (χ4n) is 4.33. The molecular formula is C15H28N2O. The van der Waals surface area contributed by atoms with Crippen LogP contribution in [0.15, 0.2) is 0 Å². The Morgan fingerprint density at radius 2 is 1.50 bits per heavy atom. The topological polar surface area (TPSA) is 35.5 Å². The van der Waals surface area contributed by atoms with Gasteiger partial charge >= 0.3 is 0 Å². The molecule has 3 rings (SSSR count). The minimum atomic E-state index is -0.0279. The van der Waals surface area contributed by atoms with E-state index in [2.05, 4.69) is 17.3 Å². The molecule has 2 heterocycles. The van der Waals surface area contributed by atoms with Crippen molar-refractivity contribution in [3.05, 3.63) is 0 Å². The van der Waals surface area contributed by atoms with E-state index in [0.29, 0.717) is 6.04 Å². The van der Waals surface area contributed by atoms with Gasteiger partial charge in [-0.05, 0) is 58.4 Å². The third-order valence-corrected chi connectivity index (χ3v) is 5.51. The van der Waals surface area contributed by atoms with Crippen LogP contribution in [0.25, 0.3) is 0 Å². The zero-order chi connectivity index (χ0) is 12.5. The van der Waals surface area contributed by atoms with Gasteiger partial charge in [0.05, 0.1) is 6.10 Å². The van der Waals surface area contributed by atoms with Gasteiger partial charge in [-0.2, -0.15) is 0 Å². The Balaban J connectivity index is 1.52. The van der Waals surface area contributed by atoms with Crippen LogP contribution in [0.2, 0.25) is 0 Å². The summed E-state index contributed by atoms with van der Waals surface area (Å²) >= 11 is 0. The Kier molecular flexibility index (Phi) is 3.92. The second-order valence-electron chi connectivity index (χ2n) is 6.74. The van der Waals surface area contributed by atoms with Crippen molar-refractivity contribution in [2.75, 3.05) is 7.05 Å². The summed E-state index contributed by atoms with van der Waals surface area (Å²) in [5.74, 6) is 0. The molecule has 0 amide bonds. The number of nitrogens with zero attached hydrogens (tertiary/aromatic N) is 1. The highest BCUT2D eigenvalue weighted by Gasteiger charge is 2.36. The second-order valence-corrected chi connectivity index (χ2v) is 6.74. The predicted molar refractivity (Wildman–Crippen MR) is 73.6 cm³/mol. The number of aliphatic hydroxyl groups is 1. The smallest absolute Gasteiger partial charge is 0.0541 e. The van der Waals surface area contributed by atoms with Crippen LogP contribution in [-0.2, 0) is 0 Å². The first-order valence-electron chi connectivity index (χ1n) is 7.88. The molecule has 2 aliphatic heterocycles. The number of fused-ring (bicyclic) bond motifs is 2. The lowest BCUT2D eigenvalue weighted by molar-refractivity contribution is 0.0409. The summed E-state index contributed by atoms with van der Waals surface area (Å²) in [5, 5.41) is 13.5. The van der Waals surface area contributed by atoms with Crippen molar-refractivity contribution in [2.45, 2.75) is 88.1 Å². The van der Waals surface area contributed by atoms with Crippen molar-refractivity contribution in [1.29, 1.82) is 0 Å². The summed E-state index contributed by atoms with van der Waals surface area (Å²) in [5.41, 5.74) is 0. The summed E-state index contributed by atoms with van der Waals surface area (Å²) in [6, 6.07) is 3.05. The molecule has 3 aliphatic rings. The molecule has 2 bridgehead atoms. The highest BCUT2D eigenvalue weighted by molar-refractivity contribution is 4.94. The van der Waals surface area contributed by atoms with Gasteiger partial charge < -0.3 is 15.3 Å². The SMILES string of the molecule is CN1C2CCCC1CC(NC1CCC(O)CC1)C2. The van der Waals surface area contributed by atoms with Gasteiger partial charge in [0.25, 0.3) is 0 Å². The van der Waals surface area contributed by atoms with Crippen molar-refractivity contribution in [3.8, 4) is 0 Å². The molecule has 1 saturated carbocycles. The van der Waals surface area contributed by atoms with Crippen LogP contribution in [0, 0.1) is 0 Å². The summed E-state index contributed by atoms with van der Waals surface area (Å²) in [7, 11) is 2.32. The molecule has 104 valence electrons. The van der Waals surface area contributed by atoms with Gasteiger partial charge in [0.15, 0.2) is 0 Å². The van der Waals surface area contributed by atoms with E-state index in [0.717, 1.165) is 31.0 Å². The number of hydrogen-bond donors (Lipinski definition) is 2. The van der Waals surface area contributed by atoms with E-state index < -0.39 is 0 Å². The van der Waals surface area contributed by atoms with Crippen LogP contribution in [0.4, 0.5) is 0 Å². The highest BCUT2D eigenvalue weighted by Crippen LogP contribution is 2.33. The molecule has 0 spiro atoms. The number of nitrogens with one attached hydrogen (secondary N) is 1. The lowest BCUT2D eigenvalue weighted by atomic mass is 9.81. The third-order valence-electron chi connectivity index (χ3n) is 5.51. The normalized spacial score (nSPS) is 46.0. The predicted octanol–water partition coefficient (Wildman–Crippen LogP) is 1.89. The van der Waals surface area contributed by atoms with E-state index in [4.69, 9.17) is 0 Å². The maximum Gasteiger partial charge on any atom is 0.0541 e. The van der Waals surface area contributed by atoms with Gasteiger partial charge in [-0.3, -0.25) is 0 Å². The summed E-state index contributed by atoms with van der Waals surface area (Å²) in [4.78, 5) is 2.63. The second kappa shape index (κ2) is 5.48. The van der Waals surface area contributed by atoms with Gasteiger partial charge in [-0.1, -0.05) is 6.42 Å². The maximum atomic E-state index is 9.56. The molecule has 2 atom stereocenters. The van der Waals surface area contributed by atoms with Gasteiger partial charge in [0, 0.05) is 24.2 Å². The van der Waals surface area contributed by atoms with Crippen LogP contribution in [0.3, 0.4) is 0 Å². The van der Waals surface area contributed by atoms with E-state index in [1.807, 2.05) is 0 Å². The van der Waals surface area contributed by atoms with E-state index in [1.165, 1.54) is 44.9 Å². The summed E-state index contributed by atoms with van der Waals surface area (Å²) in [6.45, 7) is 0. The van der Waals surface area contributed by atoms with Crippen LogP contribution in [0.1, 0.15) is 57.8 Å². The monoisotopic (exact) mass is 252 g/mol. The Morgan fingerprint density at radius 1 is 0.889 bits per heavy atom. The molecule has 18 heavy (non-hydrogen) atoms. The molecule has 3 nitrogen and oxygen atoms in total. The van der Waals surface area contributed by atoms with Crippen molar-refractivity contribution < 1.29 is 5.11 Å². The van der Waals surface area contributed by atoms with Crippen LogP contribution < -0.4 is 5.32 Å². The molecule has 0 radical (unpaired) electrons. The van der Waals surface area contributed by atoms with E-state index >= 15 is 0 Å². The van der Waals surface area contributed by atoms with E-state index in [1.54, 1.807) is 0 Å². The van der Waals surface area contributed by atoms with Gasteiger partial charge in [0.1, 0.15) is 0 Å². The molecule has 3 heteroatoms. The summed E-state index contributed by atoms with van der Waals surface area (Å²) in [6.07, 6.45) is 11.2. The number of piperidine rings is 2. The van der Waals surface area contributed by atoms with Gasteiger partial charge in [0.2, 0.25) is 0 Å². The Bertz CT molecular complexity index is 262. The Hall–Kier alpha value is -0.120. The zero-order valence-corrected chi connectivity index (χ0v) is 11.6. The van der Waals surface area contributed by atoms with Gasteiger partial charge in [-0.15, -0.1) is 0 Å². The maximum absolute atomic E-state index is 9.56. The molecule has 0 aromatic carbocycles. The number of hydrogen-bond acceptors (Lipinski definition) is 3. The number of rotatable bonds is 2. The number of aliphatic hydroxyl groups excluding tert-OH is 1. The molecule has 0 aromatic rings. The first-order chi connectivity index (χ1) is 8.72. The largest absolute Gasteiger partial charge is 0.393 e. The molecule has 0 aromatic heterocycles. The minimum absolute atomic E-state index is 0.0279. The lowest BCUT2D eigenvalue weighted by Gasteiger charge is -2.48. The average Bonchev–Trinajstić information content (AvgIpc) is 2.33. The summed E-state index contributed by atoms with van der Waals surface area (Å²) < 4.78 is 0. The Morgan fingerprint density at radius 3 is 2.11 bits per heavy atom. The fourth-order valence-corrected chi connectivity index (χ4v) is 4.33. The van der Waals surface area contributed by atoms with Crippen LogP contribution >= 0.6 is 0 Å². The first-order valence-corrected chi connectivity index (χ1v) is 7.88. The molecule has 2 N–H and O–H groups in total. The molecular weight excluding hydrogens is 224 g/mol. The third kappa shape index (κ3) is 2.73. The van der Waals surface area contributed by atoms with E-state index in [9.17, 15) is 5.11 Å². The van der Waals surface area contributed by atoms with Crippen molar-refractivity contribution in [3.63, 3.8) is 0 Å². The van der Waals surface area contributed by atoms with Crippen LogP contribution in [-0.4, -0.2) is 47.3 Å². The average molecular weight is 252 g/mol. The molecule has 2 unspecified atom stereocenters. The highest BCUT2D eigenvalue weighted by atomic mass is 16.3. The standard InChI is InChI=1S/C15H28N2O/c1-17-13-3-2-4-14(17)10-12(9-13)16-11-5-7-15(18)8-6-11/h11-16,18H,2-10H2,1H3. The first kappa shape index (κ1) is 12.9. The molecule has 2 saturated heterocycles. The van der Waals surface area contributed by atoms with Crippen molar-refractivity contribution in [2.24, 2.45) is 0 Å². The Labute approximate surface area is 111 Å². The quantitative estimate of drug-likeness (QED) is 0.788. The molecule has 1 aliphatic carbocycles. The van der Waals surface area contributed by atoms with Crippen LogP contribution in [0.5, 0.6) is 0 Å². The molecule has 3 fully saturated rings. The lowest BCUT2D eigenvalue weighted by Crippen LogP contribution is -2.56. The zero-order valence-electron chi connectivity index (χ0n) is 11.6. The minimum Gasteiger partial charge on any atom is -0.393 e. The van der Waals surface area contributed by atoms with E-state index in [-0.39, 0.29) is 6.10 Å². The van der Waals surface area contributed by atoms with Crippen molar-refractivity contribution >= 4 is 0 Å². The fraction of sp³-hybridized carbons (Fsp3) is 1.00.